The highest BCUT2D eigenvalue weighted by atomic mass is 14.3. The Labute approximate surface area is 151 Å². The first-order valence-electron chi connectivity index (χ1n) is 9.01. The molecule has 0 aromatic heterocycles. The first-order valence-corrected chi connectivity index (χ1v) is 9.01. The molecule has 1 aliphatic rings. The number of rotatable bonds is 4. The monoisotopic (exact) mass is 326 g/mol. The van der Waals surface area contributed by atoms with Crippen LogP contribution < -0.4 is 0 Å². The molecule has 0 saturated carbocycles. The van der Waals surface area contributed by atoms with Crippen molar-refractivity contribution in [1.82, 2.24) is 0 Å². The van der Waals surface area contributed by atoms with E-state index >= 15 is 0 Å². The molecule has 0 amide bonds. The molecule has 0 aliphatic heterocycles. The van der Waals surface area contributed by atoms with Crippen LogP contribution in [0.25, 0.3) is 22.3 Å². The number of fused-ring (bicyclic) bond motifs is 3. The van der Waals surface area contributed by atoms with Crippen molar-refractivity contribution in [3.05, 3.63) is 95.1 Å². The van der Waals surface area contributed by atoms with Crippen molar-refractivity contribution in [2.24, 2.45) is 0 Å². The summed E-state index contributed by atoms with van der Waals surface area (Å²) in [5.41, 5.74) is 11.0. The van der Waals surface area contributed by atoms with E-state index in [1.54, 1.807) is 0 Å². The largest absolute Gasteiger partial charge is 0.0877 e. The summed E-state index contributed by atoms with van der Waals surface area (Å²) < 4.78 is 0. The maximum atomic E-state index is 2.30. The van der Waals surface area contributed by atoms with Crippen LogP contribution in [0.4, 0.5) is 0 Å². The molecular weight excluding hydrogens is 300 g/mol. The van der Waals surface area contributed by atoms with E-state index in [4.69, 9.17) is 0 Å². The normalized spacial score (nSPS) is 14.4. The van der Waals surface area contributed by atoms with Crippen molar-refractivity contribution in [2.75, 3.05) is 0 Å². The van der Waals surface area contributed by atoms with Crippen LogP contribution in [0, 0.1) is 0 Å². The first-order chi connectivity index (χ1) is 12.2. The predicted octanol–water partition coefficient (Wildman–Crippen LogP) is 7.22. The fourth-order valence-electron chi connectivity index (χ4n) is 3.64. The van der Waals surface area contributed by atoms with Gasteiger partial charge in [0.15, 0.2) is 0 Å². The van der Waals surface area contributed by atoms with Crippen molar-refractivity contribution in [3.8, 4) is 11.1 Å². The third-order valence-electron chi connectivity index (χ3n) is 4.88. The molecule has 2 aromatic rings. The topological polar surface area (TPSA) is 0 Å². The first kappa shape index (κ1) is 17.2. The highest BCUT2D eigenvalue weighted by Crippen LogP contribution is 2.42. The zero-order chi connectivity index (χ0) is 17.8. The Bertz CT molecular complexity index is 902. The van der Waals surface area contributed by atoms with Crippen LogP contribution in [0.3, 0.4) is 0 Å². The average molecular weight is 326 g/mol. The number of allylic oxidation sites excluding steroid dienone is 8. The van der Waals surface area contributed by atoms with Crippen molar-refractivity contribution in [2.45, 2.75) is 34.1 Å². The molecule has 0 unspecified atom stereocenters. The maximum absolute atomic E-state index is 2.30. The van der Waals surface area contributed by atoms with E-state index in [1.807, 2.05) is 0 Å². The molecule has 3 rings (SSSR count). The second kappa shape index (κ2) is 7.53. The minimum Gasteiger partial charge on any atom is -0.0877 e. The molecule has 126 valence electrons. The second-order valence-corrected chi connectivity index (χ2v) is 6.60. The summed E-state index contributed by atoms with van der Waals surface area (Å²) in [6.45, 7) is 8.55. The van der Waals surface area contributed by atoms with E-state index in [9.17, 15) is 0 Å². The van der Waals surface area contributed by atoms with Gasteiger partial charge in [-0.3, -0.25) is 0 Å². The van der Waals surface area contributed by atoms with Gasteiger partial charge >= 0.3 is 0 Å². The molecule has 0 atom stereocenters. The Balaban J connectivity index is 2.24. The van der Waals surface area contributed by atoms with Gasteiger partial charge in [0.2, 0.25) is 0 Å². The smallest absolute Gasteiger partial charge is 0.000718 e. The molecule has 0 radical (unpaired) electrons. The van der Waals surface area contributed by atoms with E-state index < -0.39 is 0 Å². The zero-order valence-electron chi connectivity index (χ0n) is 15.6. The molecule has 0 fully saturated rings. The minimum absolute atomic E-state index is 1.02. The van der Waals surface area contributed by atoms with Gasteiger partial charge in [0.25, 0.3) is 0 Å². The molecular formula is C25H26. The van der Waals surface area contributed by atoms with Crippen molar-refractivity contribution < 1.29 is 0 Å². The summed E-state index contributed by atoms with van der Waals surface area (Å²) in [6, 6.07) is 13.4. The molecule has 1 aliphatic carbocycles. The van der Waals surface area contributed by atoms with E-state index in [0.29, 0.717) is 0 Å². The Morgan fingerprint density at radius 1 is 0.800 bits per heavy atom. The van der Waals surface area contributed by atoms with Crippen LogP contribution in [0.2, 0.25) is 0 Å². The van der Waals surface area contributed by atoms with Gasteiger partial charge in [0.1, 0.15) is 0 Å². The number of hydrogen-bond donors (Lipinski definition) is 0. The predicted molar refractivity (Wildman–Crippen MR) is 112 cm³/mol. The van der Waals surface area contributed by atoms with Gasteiger partial charge in [-0.25, -0.2) is 0 Å². The van der Waals surface area contributed by atoms with E-state index in [-0.39, 0.29) is 0 Å². The summed E-state index contributed by atoms with van der Waals surface area (Å²) >= 11 is 0. The lowest BCUT2D eigenvalue weighted by molar-refractivity contribution is 1.24. The van der Waals surface area contributed by atoms with Crippen LogP contribution in [0.5, 0.6) is 0 Å². The Kier molecular flexibility index (Phi) is 5.19. The van der Waals surface area contributed by atoms with Gasteiger partial charge < -0.3 is 0 Å². The molecule has 0 saturated heterocycles. The molecule has 0 bridgehead atoms. The van der Waals surface area contributed by atoms with Gasteiger partial charge in [-0.15, -0.1) is 0 Å². The highest BCUT2D eigenvalue weighted by Gasteiger charge is 2.23. The molecule has 0 heteroatoms. The van der Waals surface area contributed by atoms with E-state index in [1.165, 1.54) is 44.5 Å². The van der Waals surface area contributed by atoms with E-state index in [2.05, 4.69) is 101 Å². The van der Waals surface area contributed by atoms with Crippen molar-refractivity contribution in [1.29, 1.82) is 0 Å². The molecule has 25 heavy (non-hydrogen) atoms. The second-order valence-electron chi connectivity index (χ2n) is 6.60. The van der Waals surface area contributed by atoms with Crippen molar-refractivity contribution >= 4 is 11.1 Å². The standard InChI is InChI=1S/C25H26/c1-5-7-11-18(3)21-15-16-23-22-14-10-9-13-20(22)17-24(23)25(21)19(4)12-8-6-2/h5-16H,17H2,1-4H3. The Hall–Kier alpha value is -2.60. The third kappa shape index (κ3) is 3.30. The molecule has 0 nitrogen and oxygen atoms in total. The summed E-state index contributed by atoms with van der Waals surface area (Å²) in [5, 5.41) is 0. The summed E-state index contributed by atoms with van der Waals surface area (Å²) in [4.78, 5) is 0. The quantitative estimate of drug-likeness (QED) is 0.444. The molecule has 2 aromatic carbocycles. The van der Waals surface area contributed by atoms with Gasteiger partial charge in [-0.1, -0.05) is 72.9 Å². The van der Waals surface area contributed by atoms with Crippen LogP contribution in [-0.4, -0.2) is 0 Å². The van der Waals surface area contributed by atoms with Crippen LogP contribution in [0.1, 0.15) is 49.9 Å². The lowest BCUT2D eigenvalue weighted by Gasteiger charge is -2.16. The zero-order valence-corrected chi connectivity index (χ0v) is 15.6. The molecule has 0 N–H and O–H groups in total. The van der Waals surface area contributed by atoms with Gasteiger partial charge in [0, 0.05) is 0 Å². The summed E-state index contributed by atoms with van der Waals surface area (Å²) in [6.07, 6.45) is 13.9. The lowest BCUT2D eigenvalue weighted by Crippen LogP contribution is -1.97. The average Bonchev–Trinajstić information content (AvgIpc) is 3.01. The SMILES string of the molecule is CC=CC=C(C)c1ccc2c(c1C(C)=CC=CC)Cc1ccccc1-2. The Morgan fingerprint density at radius 3 is 2.20 bits per heavy atom. The van der Waals surface area contributed by atoms with Crippen LogP contribution >= 0.6 is 0 Å². The van der Waals surface area contributed by atoms with Crippen LogP contribution in [-0.2, 0) is 6.42 Å². The van der Waals surface area contributed by atoms with Gasteiger partial charge in [-0.05, 0) is 78.6 Å². The third-order valence-corrected chi connectivity index (χ3v) is 4.88. The summed E-state index contributed by atoms with van der Waals surface area (Å²) in [5.74, 6) is 0. The lowest BCUT2D eigenvalue weighted by atomic mass is 9.88. The van der Waals surface area contributed by atoms with E-state index in [0.717, 1.165) is 6.42 Å². The number of benzene rings is 2. The van der Waals surface area contributed by atoms with Crippen LogP contribution in [0.15, 0.2) is 72.9 Å². The molecule has 0 heterocycles. The maximum Gasteiger partial charge on any atom is -0.000718 e. The van der Waals surface area contributed by atoms with Gasteiger partial charge in [0.05, 0.1) is 0 Å². The Morgan fingerprint density at radius 2 is 1.48 bits per heavy atom. The summed E-state index contributed by atoms with van der Waals surface area (Å²) in [7, 11) is 0. The van der Waals surface area contributed by atoms with Crippen molar-refractivity contribution in [3.63, 3.8) is 0 Å². The fraction of sp³-hybridized carbons (Fsp3) is 0.200. The molecule has 0 spiro atoms. The minimum atomic E-state index is 1.02. The highest BCUT2D eigenvalue weighted by molar-refractivity contribution is 5.89. The van der Waals surface area contributed by atoms with Gasteiger partial charge in [-0.2, -0.15) is 0 Å². The number of hydrogen-bond acceptors (Lipinski definition) is 0. The fourth-order valence-corrected chi connectivity index (χ4v) is 3.64.